The third-order valence-electron chi connectivity index (χ3n) is 8.84. The minimum atomic E-state index is -1.01. The lowest BCUT2D eigenvalue weighted by Crippen LogP contribution is -2.59. The molecule has 7 nitrogen and oxygen atoms in total. The Morgan fingerprint density at radius 2 is 1.97 bits per heavy atom. The Hall–Kier alpha value is -1.91. The zero-order chi connectivity index (χ0) is 27.6. The molecule has 6 atom stereocenters. The lowest BCUT2D eigenvalue weighted by molar-refractivity contribution is -0.143. The molecule has 2 amide bonds. The van der Waals surface area contributed by atoms with Gasteiger partial charge in [0.1, 0.15) is 18.0 Å². The van der Waals surface area contributed by atoms with Crippen LogP contribution in [0.5, 0.6) is 5.75 Å². The summed E-state index contributed by atoms with van der Waals surface area (Å²) in [5.41, 5.74) is 1.61. The van der Waals surface area contributed by atoms with Crippen LogP contribution in [0.1, 0.15) is 53.4 Å². The summed E-state index contributed by atoms with van der Waals surface area (Å²) in [6, 6.07) is 6.91. The van der Waals surface area contributed by atoms with E-state index in [-0.39, 0.29) is 36.8 Å². The predicted molar refractivity (Wildman–Crippen MR) is 155 cm³/mol. The summed E-state index contributed by atoms with van der Waals surface area (Å²) in [5.74, 6) is 1.80. The van der Waals surface area contributed by atoms with Crippen molar-refractivity contribution < 1.29 is 24.5 Å². The van der Waals surface area contributed by atoms with E-state index in [9.17, 15) is 19.8 Å². The summed E-state index contributed by atoms with van der Waals surface area (Å²) in [6.07, 6.45) is 5.13. The molecule has 0 aromatic heterocycles. The summed E-state index contributed by atoms with van der Waals surface area (Å²) in [7, 11) is 0. The Kier molecular flexibility index (Phi) is 9.25. The van der Waals surface area contributed by atoms with Crippen LogP contribution in [0.15, 0.2) is 47.6 Å². The fraction of sp³-hybridized carbons (Fsp3) is 0.600. The van der Waals surface area contributed by atoms with Crippen LogP contribution in [0.4, 0.5) is 0 Å². The first-order valence-corrected chi connectivity index (χ1v) is 14.7. The highest BCUT2D eigenvalue weighted by molar-refractivity contribution is 14.1. The molecule has 5 rings (SSSR count). The molecule has 6 unspecified atom stereocenters. The second-order valence-electron chi connectivity index (χ2n) is 11.9. The van der Waals surface area contributed by atoms with Gasteiger partial charge in [0, 0.05) is 31.2 Å². The van der Waals surface area contributed by atoms with E-state index in [0.29, 0.717) is 29.7 Å². The van der Waals surface area contributed by atoms with Gasteiger partial charge >= 0.3 is 0 Å². The smallest absolute Gasteiger partial charge is 0.247 e. The molecule has 208 valence electrons. The molecule has 3 N–H and O–H groups in total. The van der Waals surface area contributed by atoms with Crippen molar-refractivity contribution in [2.45, 2.75) is 71.6 Å². The first kappa shape index (κ1) is 29.1. The number of fused-ring (bicyclic) bond motifs is 2. The lowest BCUT2D eigenvalue weighted by Gasteiger charge is -2.61. The van der Waals surface area contributed by atoms with Gasteiger partial charge in [-0.05, 0) is 97.1 Å². The van der Waals surface area contributed by atoms with Crippen molar-refractivity contribution in [2.75, 3.05) is 19.7 Å². The number of halogens is 1. The van der Waals surface area contributed by atoms with Crippen LogP contribution in [-0.4, -0.2) is 64.9 Å². The molecular formula is C30H41IN2O5. The number of carbonyl (C=O) groups is 2. The first-order valence-electron chi connectivity index (χ1n) is 13.7. The van der Waals surface area contributed by atoms with Gasteiger partial charge < -0.3 is 25.2 Å². The second-order valence-corrected chi connectivity index (χ2v) is 13.0. The van der Waals surface area contributed by atoms with Crippen molar-refractivity contribution in [3.05, 3.63) is 51.1 Å². The first-order chi connectivity index (χ1) is 18.0. The van der Waals surface area contributed by atoms with Gasteiger partial charge in [-0.25, -0.2) is 0 Å². The number of allylic oxidation sites excluding steroid dienone is 1. The third-order valence-corrected chi connectivity index (χ3v) is 9.73. The Labute approximate surface area is 239 Å². The van der Waals surface area contributed by atoms with Crippen LogP contribution < -0.4 is 10.1 Å². The minimum absolute atomic E-state index is 0.131. The van der Waals surface area contributed by atoms with Crippen molar-refractivity contribution in [3.63, 3.8) is 0 Å². The van der Waals surface area contributed by atoms with Crippen molar-refractivity contribution in [1.29, 1.82) is 0 Å². The maximum atomic E-state index is 13.7. The van der Waals surface area contributed by atoms with Crippen LogP contribution in [0.25, 0.3) is 0 Å². The lowest BCUT2D eigenvalue weighted by atomic mass is 9.45. The molecule has 4 aliphatic carbocycles. The van der Waals surface area contributed by atoms with Gasteiger partial charge in [-0.1, -0.05) is 31.6 Å². The number of ether oxygens (including phenoxy) is 1. The SMILES string of the molecule is CC(C)=CC(=O)N(CC1CCC2CC1C2(C)C)C1CC(C(=O)NCCO)=CC(Oc2ccccc2I)C1O. The highest BCUT2D eigenvalue weighted by Crippen LogP contribution is 2.61. The minimum Gasteiger partial charge on any atom is -0.482 e. The summed E-state index contributed by atoms with van der Waals surface area (Å²) in [4.78, 5) is 28.5. The Balaban J connectivity index is 1.66. The van der Waals surface area contributed by atoms with Crippen LogP contribution >= 0.6 is 22.6 Å². The maximum Gasteiger partial charge on any atom is 0.247 e. The van der Waals surface area contributed by atoms with Gasteiger partial charge in [0.05, 0.1) is 16.2 Å². The number of aliphatic hydroxyl groups excluding tert-OH is 2. The quantitative estimate of drug-likeness (QED) is 0.281. The van der Waals surface area contributed by atoms with E-state index in [1.165, 1.54) is 12.8 Å². The Bertz CT molecular complexity index is 1090. The number of hydrogen-bond donors (Lipinski definition) is 3. The van der Waals surface area contributed by atoms with Gasteiger partial charge in [0.25, 0.3) is 0 Å². The Morgan fingerprint density at radius 1 is 1.24 bits per heavy atom. The van der Waals surface area contributed by atoms with Crippen molar-refractivity contribution >= 4 is 34.4 Å². The summed E-state index contributed by atoms with van der Waals surface area (Å²) in [6.45, 7) is 8.98. The molecule has 0 radical (unpaired) electrons. The molecule has 0 saturated heterocycles. The topological polar surface area (TPSA) is 99.1 Å². The van der Waals surface area contributed by atoms with Gasteiger partial charge in [-0.3, -0.25) is 9.59 Å². The maximum absolute atomic E-state index is 13.7. The molecule has 0 spiro atoms. The third kappa shape index (κ3) is 6.12. The predicted octanol–water partition coefficient (Wildman–Crippen LogP) is 4.07. The Morgan fingerprint density at radius 3 is 2.61 bits per heavy atom. The van der Waals surface area contributed by atoms with E-state index >= 15 is 0 Å². The van der Waals surface area contributed by atoms with E-state index in [1.54, 1.807) is 17.1 Å². The van der Waals surface area contributed by atoms with E-state index in [2.05, 4.69) is 41.8 Å². The number of hydrogen-bond acceptors (Lipinski definition) is 5. The molecular weight excluding hydrogens is 595 g/mol. The normalized spacial score (nSPS) is 29.4. The molecule has 0 heterocycles. The summed E-state index contributed by atoms with van der Waals surface area (Å²) < 4.78 is 7.15. The van der Waals surface area contributed by atoms with Crippen molar-refractivity contribution in [1.82, 2.24) is 10.2 Å². The molecule has 3 saturated carbocycles. The molecule has 3 fully saturated rings. The standard InChI is InChI=1S/C30H41IN2O5/c1-18(2)13-27(35)33(17-19-9-10-21-16-22(19)30(21,3)4)24-14-20(29(37)32-11-12-34)15-26(28(24)36)38-25-8-6-5-7-23(25)31/h5-8,13,15,19,21-22,24,26,28,34,36H,9-12,14,16-17H2,1-4H3,(H,32,37). The van der Waals surface area contributed by atoms with Crippen LogP contribution in [0, 0.1) is 26.7 Å². The molecule has 1 aromatic rings. The molecule has 1 aromatic carbocycles. The summed E-state index contributed by atoms with van der Waals surface area (Å²) in [5, 5.41) is 23.6. The molecule has 0 aliphatic heterocycles. The average molecular weight is 637 g/mol. The number of amides is 2. The van der Waals surface area contributed by atoms with Gasteiger partial charge in [-0.15, -0.1) is 0 Å². The van der Waals surface area contributed by atoms with Gasteiger partial charge in [0.15, 0.2) is 0 Å². The number of para-hydroxylation sites is 1. The monoisotopic (exact) mass is 636 g/mol. The van der Waals surface area contributed by atoms with Crippen molar-refractivity contribution in [3.8, 4) is 5.75 Å². The van der Waals surface area contributed by atoms with Gasteiger partial charge in [0.2, 0.25) is 11.8 Å². The fourth-order valence-corrected chi connectivity index (χ4v) is 7.13. The van der Waals surface area contributed by atoms with Crippen molar-refractivity contribution in [2.24, 2.45) is 23.2 Å². The number of benzene rings is 1. The van der Waals surface area contributed by atoms with Crippen LogP contribution in [0.3, 0.4) is 0 Å². The highest BCUT2D eigenvalue weighted by Gasteiger charge is 2.55. The summed E-state index contributed by atoms with van der Waals surface area (Å²) >= 11 is 2.18. The molecule has 38 heavy (non-hydrogen) atoms. The van der Waals surface area contributed by atoms with Crippen LogP contribution in [-0.2, 0) is 9.59 Å². The van der Waals surface area contributed by atoms with E-state index < -0.39 is 18.2 Å². The van der Waals surface area contributed by atoms with E-state index in [0.717, 1.165) is 21.5 Å². The number of aliphatic hydroxyl groups is 2. The number of nitrogens with zero attached hydrogens (tertiary/aromatic N) is 1. The average Bonchev–Trinajstić information content (AvgIpc) is 2.88. The second kappa shape index (κ2) is 12.1. The van der Waals surface area contributed by atoms with Crippen LogP contribution in [0.2, 0.25) is 0 Å². The van der Waals surface area contributed by atoms with Gasteiger partial charge in [-0.2, -0.15) is 0 Å². The van der Waals surface area contributed by atoms with E-state index in [4.69, 9.17) is 4.74 Å². The zero-order valence-corrected chi connectivity index (χ0v) is 25.0. The molecule has 4 aliphatic rings. The molecule has 2 bridgehead atoms. The molecule has 8 heteroatoms. The highest BCUT2D eigenvalue weighted by atomic mass is 127. The number of nitrogens with one attached hydrogen (secondary N) is 1. The zero-order valence-electron chi connectivity index (χ0n) is 22.8. The number of carbonyl (C=O) groups excluding carboxylic acids is 2. The number of rotatable bonds is 9. The largest absolute Gasteiger partial charge is 0.482 e. The fourth-order valence-electron chi connectivity index (χ4n) is 6.62. The van der Waals surface area contributed by atoms with E-state index in [1.807, 2.05) is 38.1 Å².